The first-order valence-electron chi connectivity index (χ1n) is 8.02. The summed E-state index contributed by atoms with van der Waals surface area (Å²) in [5, 5.41) is 16.4. The number of nitrogens with zero attached hydrogens (tertiary/aromatic N) is 3. The van der Waals surface area contributed by atoms with Gasteiger partial charge in [0, 0.05) is 10.9 Å². The molecule has 3 unspecified atom stereocenters. The Morgan fingerprint density at radius 2 is 1.88 bits per heavy atom. The minimum atomic E-state index is -1.00. The predicted octanol–water partition coefficient (Wildman–Crippen LogP) is 3.62. The number of hydrogen-bond donors (Lipinski definition) is 1. The highest BCUT2D eigenvalue weighted by molar-refractivity contribution is 6.30. The maximum Gasteiger partial charge on any atom is 0.137 e. The van der Waals surface area contributed by atoms with Crippen molar-refractivity contribution in [3.8, 4) is 0 Å². The van der Waals surface area contributed by atoms with Crippen LogP contribution < -0.4 is 0 Å². The molecule has 2 aromatic carbocycles. The van der Waals surface area contributed by atoms with Crippen molar-refractivity contribution in [2.24, 2.45) is 5.92 Å². The highest BCUT2D eigenvalue weighted by Gasteiger charge is 2.53. The van der Waals surface area contributed by atoms with Gasteiger partial charge in [-0.3, -0.25) is 0 Å². The summed E-state index contributed by atoms with van der Waals surface area (Å²) >= 11 is 6.02. The molecule has 122 valence electrons. The van der Waals surface area contributed by atoms with E-state index in [1.807, 2.05) is 42.5 Å². The molecule has 24 heavy (non-hydrogen) atoms. The summed E-state index contributed by atoms with van der Waals surface area (Å²) < 4.78 is 1.69. The summed E-state index contributed by atoms with van der Waals surface area (Å²) in [6.45, 7) is 0.378. The summed E-state index contributed by atoms with van der Waals surface area (Å²) in [6.07, 6.45) is 4.09. The van der Waals surface area contributed by atoms with E-state index in [-0.39, 0.29) is 5.92 Å². The van der Waals surface area contributed by atoms with Gasteiger partial charge in [-0.25, -0.2) is 9.67 Å². The van der Waals surface area contributed by atoms with Gasteiger partial charge in [0.15, 0.2) is 0 Å². The molecule has 1 aliphatic carbocycles. The lowest BCUT2D eigenvalue weighted by Gasteiger charge is -2.29. The molecule has 0 spiro atoms. The fourth-order valence-corrected chi connectivity index (χ4v) is 3.64. The normalized spacial score (nSPS) is 22.1. The molecule has 1 saturated carbocycles. The first kappa shape index (κ1) is 15.4. The second-order valence-electron chi connectivity index (χ2n) is 6.38. The second kappa shape index (κ2) is 6.04. The molecule has 3 aromatic rings. The van der Waals surface area contributed by atoms with E-state index < -0.39 is 5.60 Å². The van der Waals surface area contributed by atoms with Crippen LogP contribution in [0.5, 0.6) is 0 Å². The molecule has 4 rings (SSSR count). The number of benzene rings is 2. The second-order valence-corrected chi connectivity index (χ2v) is 6.82. The van der Waals surface area contributed by atoms with Crippen LogP contribution >= 0.6 is 11.6 Å². The summed E-state index contributed by atoms with van der Waals surface area (Å²) in [5.74, 6) is 0.501. The van der Waals surface area contributed by atoms with E-state index in [9.17, 15) is 5.11 Å². The van der Waals surface area contributed by atoms with Crippen LogP contribution in [0, 0.1) is 5.92 Å². The summed E-state index contributed by atoms with van der Waals surface area (Å²) in [5.41, 5.74) is 1.14. The SMILES string of the molecule is OC(Cn1cncn1)(c1ccc(Cl)cc1)C1CC1c1ccccc1. The Bertz CT molecular complexity index is 804. The Morgan fingerprint density at radius 3 is 2.54 bits per heavy atom. The summed E-state index contributed by atoms with van der Waals surface area (Å²) in [4.78, 5) is 3.99. The van der Waals surface area contributed by atoms with Crippen molar-refractivity contribution < 1.29 is 5.11 Å². The molecule has 3 atom stereocenters. The quantitative estimate of drug-likeness (QED) is 0.772. The Labute approximate surface area is 145 Å². The van der Waals surface area contributed by atoms with Crippen molar-refractivity contribution in [2.75, 3.05) is 0 Å². The van der Waals surface area contributed by atoms with Crippen LogP contribution in [0.25, 0.3) is 0 Å². The van der Waals surface area contributed by atoms with E-state index in [1.165, 1.54) is 11.9 Å². The number of aromatic nitrogens is 3. The minimum absolute atomic E-state index is 0.144. The van der Waals surface area contributed by atoms with Gasteiger partial charge in [0.25, 0.3) is 0 Å². The molecule has 0 amide bonds. The lowest BCUT2D eigenvalue weighted by atomic mass is 9.86. The first-order valence-corrected chi connectivity index (χ1v) is 8.40. The summed E-state index contributed by atoms with van der Waals surface area (Å²) in [7, 11) is 0. The maximum atomic E-state index is 11.6. The van der Waals surface area contributed by atoms with E-state index in [0.29, 0.717) is 17.5 Å². The fourth-order valence-electron chi connectivity index (χ4n) is 3.51. The zero-order valence-electron chi connectivity index (χ0n) is 13.1. The molecular weight excluding hydrogens is 322 g/mol. The molecule has 1 aliphatic rings. The Balaban J connectivity index is 1.67. The number of halogens is 1. The number of aliphatic hydroxyl groups is 1. The average molecular weight is 340 g/mol. The predicted molar refractivity (Wildman–Crippen MR) is 92.7 cm³/mol. The molecule has 4 nitrogen and oxygen atoms in total. The molecule has 0 radical (unpaired) electrons. The third-order valence-corrected chi connectivity index (χ3v) is 5.10. The third-order valence-electron chi connectivity index (χ3n) is 4.85. The van der Waals surface area contributed by atoms with Crippen LogP contribution in [-0.4, -0.2) is 19.9 Å². The maximum absolute atomic E-state index is 11.6. The molecule has 5 heteroatoms. The third kappa shape index (κ3) is 2.83. The molecule has 1 fully saturated rings. The van der Waals surface area contributed by atoms with Gasteiger partial charge in [-0.15, -0.1) is 0 Å². The average Bonchev–Trinajstić information content (AvgIpc) is 3.27. The van der Waals surface area contributed by atoms with Crippen LogP contribution in [0.2, 0.25) is 5.02 Å². The molecule has 0 aliphatic heterocycles. The van der Waals surface area contributed by atoms with Gasteiger partial charge in [-0.05, 0) is 35.6 Å². The van der Waals surface area contributed by atoms with E-state index >= 15 is 0 Å². The highest BCUT2D eigenvalue weighted by Crippen LogP contribution is 2.57. The standard InChI is InChI=1S/C19H18ClN3O/c20-16-8-6-15(7-9-16)19(24,11-23-13-21-12-22-23)18-10-17(18)14-4-2-1-3-5-14/h1-9,12-13,17-18,24H,10-11H2. The van der Waals surface area contributed by atoms with Crippen molar-refractivity contribution in [3.05, 3.63) is 83.4 Å². The molecule has 1 N–H and O–H groups in total. The van der Waals surface area contributed by atoms with E-state index in [2.05, 4.69) is 22.2 Å². The lowest BCUT2D eigenvalue weighted by Crippen LogP contribution is -2.34. The van der Waals surface area contributed by atoms with Gasteiger partial charge in [-0.1, -0.05) is 54.1 Å². The Hall–Kier alpha value is -2.17. The Kier molecular flexibility index (Phi) is 3.87. The zero-order valence-corrected chi connectivity index (χ0v) is 13.8. The van der Waals surface area contributed by atoms with E-state index in [4.69, 9.17) is 11.6 Å². The van der Waals surface area contributed by atoms with Gasteiger partial charge in [0.2, 0.25) is 0 Å². The van der Waals surface area contributed by atoms with Crippen molar-refractivity contribution in [3.63, 3.8) is 0 Å². The van der Waals surface area contributed by atoms with Gasteiger partial charge in [-0.2, -0.15) is 5.10 Å². The van der Waals surface area contributed by atoms with Gasteiger partial charge >= 0.3 is 0 Å². The monoisotopic (exact) mass is 339 g/mol. The van der Waals surface area contributed by atoms with Crippen molar-refractivity contribution in [1.29, 1.82) is 0 Å². The molecule has 0 bridgehead atoms. The summed E-state index contributed by atoms with van der Waals surface area (Å²) in [6, 6.07) is 17.8. The van der Waals surface area contributed by atoms with Crippen LogP contribution in [0.3, 0.4) is 0 Å². The van der Waals surface area contributed by atoms with Gasteiger partial charge in [0.1, 0.15) is 18.3 Å². The van der Waals surface area contributed by atoms with Gasteiger partial charge < -0.3 is 5.11 Å². The molecule has 1 heterocycles. The van der Waals surface area contributed by atoms with Crippen molar-refractivity contribution in [1.82, 2.24) is 14.8 Å². The molecule has 1 aromatic heterocycles. The topological polar surface area (TPSA) is 50.9 Å². The van der Waals surface area contributed by atoms with E-state index in [0.717, 1.165) is 12.0 Å². The Morgan fingerprint density at radius 1 is 1.12 bits per heavy atom. The smallest absolute Gasteiger partial charge is 0.137 e. The highest BCUT2D eigenvalue weighted by atomic mass is 35.5. The largest absolute Gasteiger partial charge is 0.383 e. The van der Waals surface area contributed by atoms with Crippen LogP contribution in [0.1, 0.15) is 23.5 Å². The lowest BCUT2D eigenvalue weighted by molar-refractivity contribution is -0.00969. The van der Waals surface area contributed by atoms with Crippen LogP contribution in [0.15, 0.2) is 67.3 Å². The van der Waals surface area contributed by atoms with Crippen LogP contribution in [0.4, 0.5) is 0 Å². The molecular formula is C19H18ClN3O. The first-order chi connectivity index (χ1) is 11.7. The fraction of sp³-hybridized carbons (Fsp3) is 0.263. The minimum Gasteiger partial charge on any atom is -0.383 e. The van der Waals surface area contributed by atoms with Crippen molar-refractivity contribution in [2.45, 2.75) is 24.5 Å². The van der Waals surface area contributed by atoms with Crippen molar-refractivity contribution >= 4 is 11.6 Å². The zero-order chi connectivity index (χ0) is 16.6. The molecule has 0 saturated heterocycles. The number of hydrogen-bond acceptors (Lipinski definition) is 3. The van der Waals surface area contributed by atoms with E-state index in [1.54, 1.807) is 11.0 Å². The number of rotatable bonds is 5. The van der Waals surface area contributed by atoms with Gasteiger partial charge in [0.05, 0.1) is 6.54 Å². The van der Waals surface area contributed by atoms with Crippen LogP contribution in [-0.2, 0) is 12.1 Å².